The molecule has 0 aliphatic heterocycles. The van der Waals surface area contributed by atoms with Crippen LogP contribution < -0.4 is 0 Å². The molecule has 26 heavy (non-hydrogen) atoms. The van der Waals surface area contributed by atoms with Gasteiger partial charge in [-0.05, 0) is 45.4 Å². The lowest BCUT2D eigenvalue weighted by atomic mass is 10.1. The van der Waals surface area contributed by atoms with Crippen LogP contribution in [0.25, 0.3) is 10.2 Å². The molecule has 0 saturated carbocycles. The van der Waals surface area contributed by atoms with Crippen molar-refractivity contribution in [2.45, 2.75) is 37.3 Å². The monoisotopic (exact) mass is 388 g/mol. The van der Waals surface area contributed by atoms with Gasteiger partial charge in [0.2, 0.25) is 0 Å². The number of thioether (sulfide) groups is 1. The third-order valence-electron chi connectivity index (χ3n) is 4.08. The normalized spacial score (nSPS) is 12.3. The van der Waals surface area contributed by atoms with Crippen LogP contribution in [0, 0.1) is 13.8 Å². The van der Waals surface area contributed by atoms with E-state index in [9.17, 15) is 9.59 Å². The molecule has 1 atom stereocenters. The molecule has 0 amide bonds. The van der Waals surface area contributed by atoms with Crippen molar-refractivity contribution in [3.05, 3.63) is 46.8 Å². The molecule has 0 unspecified atom stereocenters. The predicted molar refractivity (Wildman–Crippen MR) is 105 cm³/mol. The number of hydrogen-bond acceptors (Lipinski definition) is 6. The average Bonchev–Trinajstić information content (AvgIpc) is 3.14. The molecule has 0 fully saturated rings. The number of carbonyl (C=O) groups excluding carboxylic acids is 2. The number of hydrogen-bond donors (Lipinski definition) is 1. The van der Waals surface area contributed by atoms with Crippen molar-refractivity contribution in [2.75, 3.05) is 6.61 Å². The minimum Gasteiger partial charge on any atom is -0.462 e. The van der Waals surface area contributed by atoms with Crippen LogP contribution in [0.2, 0.25) is 0 Å². The molecule has 0 aliphatic carbocycles. The number of Topliss-reactive ketones (excluding diaryl/α,β-unsaturated/α-hetero) is 1. The van der Waals surface area contributed by atoms with Gasteiger partial charge in [-0.25, -0.2) is 9.78 Å². The number of rotatable bonds is 6. The van der Waals surface area contributed by atoms with Crippen molar-refractivity contribution >= 4 is 45.1 Å². The summed E-state index contributed by atoms with van der Waals surface area (Å²) in [5.41, 5.74) is 3.15. The first-order chi connectivity index (χ1) is 12.4. The van der Waals surface area contributed by atoms with Gasteiger partial charge < -0.3 is 9.72 Å². The number of fused-ring (bicyclic) bond motifs is 1. The number of esters is 1. The predicted octanol–water partition coefficient (Wildman–Crippen LogP) is 4.78. The number of H-pyrrole nitrogens is 1. The zero-order chi connectivity index (χ0) is 18.8. The molecule has 0 bridgehead atoms. The Kier molecular flexibility index (Phi) is 5.48. The van der Waals surface area contributed by atoms with Gasteiger partial charge in [0.1, 0.15) is 0 Å². The van der Waals surface area contributed by atoms with Gasteiger partial charge in [-0.3, -0.25) is 4.79 Å². The average molecular weight is 389 g/mol. The Morgan fingerprint density at radius 1 is 1.31 bits per heavy atom. The summed E-state index contributed by atoms with van der Waals surface area (Å²) in [5, 5.41) is -0.317. The quantitative estimate of drug-likeness (QED) is 0.374. The molecule has 7 heteroatoms. The molecular formula is C19H20N2O3S2. The number of carbonyl (C=O) groups is 2. The number of para-hydroxylation sites is 1. The first-order valence-corrected chi connectivity index (χ1v) is 10.0. The van der Waals surface area contributed by atoms with Crippen LogP contribution in [0.4, 0.5) is 0 Å². The Labute approximate surface area is 160 Å². The molecule has 1 aromatic carbocycles. The number of nitrogens with zero attached hydrogens (tertiary/aromatic N) is 1. The molecule has 2 aromatic heterocycles. The molecule has 2 heterocycles. The Balaban J connectivity index is 1.82. The van der Waals surface area contributed by atoms with Gasteiger partial charge in [0.05, 0.1) is 33.3 Å². The Bertz CT molecular complexity index is 941. The fraction of sp³-hybridized carbons (Fsp3) is 0.316. The first-order valence-electron chi connectivity index (χ1n) is 8.35. The molecule has 3 aromatic rings. The van der Waals surface area contributed by atoms with E-state index in [-0.39, 0.29) is 11.0 Å². The maximum absolute atomic E-state index is 12.9. The summed E-state index contributed by atoms with van der Waals surface area (Å²) in [6, 6.07) is 7.92. The Morgan fingerprint density at radius 2 is 2.04 bits per heavy atom. The van der Waals surface area contributed by atoms with Crippen LogP contribution in [-0.2, 0) is 4.74 Å². The second-order valence-corrected chi connectivity index (χ2v) is 8.54. The van der Waals surface area contributed by atoms with Gasteiger partial charge in [0, 0.05) is 5.69 Å². The third-order valence-corrected chi connectivity index (χ3v) is 6.31. The van der Waals surface area contributed by atoms with Crippen LogP contribution in [0.1, 0.15) is 46.0 Å². The molecule has 0 aliphatic rings. The number of thiazole rings is 1. The Hall–Kier alpha value is -2.12. The van der Waals surface area contributed by atoms with E-state index in [0.717, 1.165) is 14.6 Å². The van der Waals surface area contributed by atoms with Gasteiger partial charge in [-0.15, -0.1) is 11.3 Å². The summed E-state index contributed by atoms with van der Waals surface area (Å²) >= 11 is 3.01. The largest absolute Gasteiger partial charge is 0.462 e. The van der Waals surface area contributed by atoms with E-state index in [2.05, 4.69) is 9.97 Å². The van der Waals surface area contributed by atoms with Crippen LogP contribution in [0.3, 0.4) is 0 Å². The maximum atomic E-state index is 12.9. The molecule has 0 saturated heterocycles. The zero-order valence-corrected chi connectivity index (χ0v) is 16.7. The van der Waals surface area contributed by atoms with Gasteiger partial charge in [-0.2, -0.15) is 0 Å². The van der Waals surface area contributed by atoms with Gasteiger partial charge in [0.15, 0.2) is 10.1 Å². The summed E-state index contributed by atoms with van der Waals surface area (Å²) in [4.78, 5) is 32.7. The summed E-state index contributed by atoms with van der Waals surface area (Å²) < 4.78 is 7.05. The highest BCUT2D eigenvalue weighted by Crippen LogP contribution is 2.33. The number of aromatic nitrogens is 2. The van der Waals surface area contributed by atoms with E-state index in [0.29, 0.717) is 29.1 Å². The molecule has 5 nitrogen and oxygen atoms in total. The zero-order valence-electron chi connectivity index (χ0n) is 15.1. The second kappa shape index (κ2) is 7.63. The van der Waals surface area contributed by atoms with Crippen LogP contribution >= 0.6 is 23.1 Å². The summed E-state index contributed by atoms with van der Waals surface area (Å²) in [6.07, 6.45) is 0. The highest BCUT2D eigenvalue weighted by Gasteiger charge is 2.26. The fourth-order valence-electron chi connectivity index (χ4n) is 2.82. The van der Waals surface area contributed by atoms with Crippen molar-refractivity contribution in [3.63, 3.8) is 0 Å². The van der Waals surface area contributed by atoms with Crippen molar-refractivity contribution in [3.8, 4) is 0 Å². The van der Waals surface area contributed by atoms with E-state index in [4.69, 9.17) is 4.74 Å². The second-order valence-electron chi connectivity index (χ2n) is 5.92. The van der Waals surface area contributed by atoms with Gasteiger partial charge >= 0.3 is 5.97 Å². The molecule has 3 rings (SSSR count). The number of benzene rings is 1. The standard InChI is InChI=1S/C19H20N2O3S2/c1-5-24-18(23)15-10(2)16(20-11(15)3)17(22)12(4)25-19-21-13-8-6-7-9-14(13)26-19/h6-9,12,20H,5H2,1-4H3/t12-/m0/s1. The lowest BCUT2D eigenvalue weighted by Gasteiger charge is -2.08. The van der Waals surface area contributed by atoms with E-state index in [1.165, 1.54) is 11.8 Å². The summed E-state index contributed by atoms with van der Waals surface area (Å²) in [6.45, 7) is 7.48. The fourth-order valence-corrected chi connectivity index (χ4v) is 5.09. The Morgan fingerprint density at radius 3 is 2.73 bits per heavy atom. The molecule has 136 valence electrons. The van der Waals surface area contributed by atoms with Crippen molar-refractivity contribution < 1.29 is 14.3 Å². The topological polar surface area (TPSA) is 72.1 Å². The highest BCUT2D eigenvalue weighted by molar-refractivity contribution is 8.02. The molecule has 0 spiro atoms. The smallest absolute Gasteiger partial charge is 0.340 e. The third kappa shape index (κ3) is 3.54. The van der Waals surface area contributed by atoms with Gasteiger partial charge in [-0.1, -0.05) is 23.9 Å². The highest BCUT2D eigenvalue weighted by atomic mass is 32.2. The molecule has 1 N–H and O–H groups in total. The summed E-state index contributed by atoms with van der Waals surface area (Å²) in [7, 11) is 0. The van der Waals surface area contributed by atoms with E-state index >= 15 is 0 Å². The van der Waals surface area contributed by atoms with Crippen LogP contribution in [0.15, 0.2) is 28.6 Å². The number of aryl methyl sites for hydroxylation is 1. The minimum absolute atomic E-state index is 0.0506. The van der Waals surface area contributed by atoms with E-state index in [1.54, 1.807) is 32.1 Å². The van der Waals surface area contributed by atoms with Crippen LogP contribution in [0.5, 0.6) is 0 Å². The van der Waals surface area contributed by atoms with Crippen molar-refractivity contribution in [1.82, 2.24) is 9.97 Å². The SMILES string of the molecule is CCOC(=O)c1c(C)[nH]c(C(=O)[C@H](C)Sc2nc3ccccc3s2)c1C. The number of ketones is 1. The number of aromatic amines is 1. The minimum atomic E-state index is -0.399. The van der Waals surface area contributed by atoms with Gasteiger partial charge in [0.25, 0.3) is 0 Å². The number of nitrogens with one attached hydrogen (secondary N) is 1. The lowest BCUT2D eigenvalue weighted by molar-refractivity contribution is 0.0525. The van der Waals surface area contributed by atoms with Crippen LogP contribution in [-0.4, -0.2) is 33.6 Å². The van der Waals surface area contributed by atoms with E-state index < -0.39 is 5.97 Å². The van der Waals surface area contributed by atoms with Crippen molar-refractivity contribution in [2.24, 2.45) is 0 Å². The lowest BCUT2D eigenvalue weighted by Crippen LogP contribution is -2.15. The number of ether oxygens (including phenoxy) is 1. The summed E-state index contributed by atoms with van der Waals surface area (Å²) in [5.74, 6) is -0.449. The van der Waals surface area contributed by atoms with E-state index in [1.807, 2.05) is 31.2 Å². The first kappa shape index (κ1) is 18.7. The molecule has 0 radical (unpaired) electrons. The maximum Gasteiger partial charge on any atom is 0.340 e. The molecular weight excluding hydrogens is 368 g/mol. The van der Waals surface area contributed by atoms with Crippen molar-refractivity contribution in [1.29, 1.82) is 0 Å².